The van der Waals surface area contributed by atoms with Crippen LogP contribution in [0.1, 0.15) is 12.5 Å². The highest BCUT2D eigenvalue weighted by Gasteiger charge is 2.13. The molecule has 1 N–H and O–H groups in total. The van der Waals surface area contributed by atoms with Crippen molar-refractivity contribution in [3.63, 3.8) is 0 Å². The fourth-order valence-electron chi connectivity index (χ4n) is 1.83. The first-order valence-electron chi connectivity index (χ1n) is 6.60. The Labute approximate surface area is 120 Å². The van der Waals surface area contributed by atoms with E-state index in [9.17, 15) is 4.79 Å². The van der Waals surface area contributed by atoms with E-state index < -0.39 is 0 Å². The number of amides is 1. The first-order chi connectivity index (χ1) is 9.56. The molecule has 0 spiro atoms. The first kappa shape index (κ1) is 16.0. The normalized spacial score (nSPS) is 11.8. The zero-order chi connectivity index (χ0) is 15.0. The lowest BCUT2D eigenvalue weighted by molar-refractivity contribution is -0.124. The van der Waals surface area contributed by atoms with E-state index in [0.29, 0.717) is 18.7 Å². The summed E-state index contributed by atoms with van der Waals surface area (Å²) in [7, 11) is 3.61. The van der Waals surface area contributed by atoms with Crippen LogP contribution in [-0.4, -0.2) is 44.6 Å². The largest absolute Gasteiger partial charge is 0.492 e. The lowest BCUT2D eigenvalue weighted by Gasteiger charge is -2.20. The molecular weight excluding hydrogens is 254 g/mol. The average molecular weight is 275 g/mol. The van der Waals surface area contributed by atoms with Gasteiger partial charge < -0.3 is 15.0 Å². The third-order valence-corrected chi connectivity index (χ3v) is 3.00. The Morgan fingerprint density at radius 3 is 2.65 bits per heavy atom. The predicted molar refractivity (Wildman–Crippen MR) is 77.4 cm³/mol. The Hall–Kier alpha value is -2.06. The maximum atomic E-state index is 11.4. The second-order valence-electron chi connectivity index (χ2n) is 4.76. The van der Waals surface area contributed by atoms with Crippen molar-refractivity contribution in [2.24, 2.45) is 5.92 Å². The van der Waals surface area contributed by atoms with E-state index in [1.165, 1.54) is 0 Å². The molecule has 0 radical (unpaired) electrons. The maximum absolute atomic E-state index is 11.4. The molecule has 5 nitrogen and oxygen atoms in total. The highest BCUT2D eigenvalue weighted by molar-refractivity contribution is 5.78. The first-order valence-corrected chi connectivity index (χ1v) is 6.60. The van der Waals surface area contributed by atoms with Crippen LogP contribution in [0.25, 0.3) is 0 Å². The summed E-state index contributed by atoms with van der Waals surface area (Å²) in [4.78, 5) is 13.5. The van der Waals surface area contributed by atoms with Gasteiger partial charge in [0.1, 0.15) is 12.4 Å². The average Bonchev–Trinajstić information content (AvgIpc) is 2.47. The van der Waals surface area contributed by atoms with E-state index >= 15 is 0 Å². The van der Waals surface area contributed by atoms with Crippen LogP contribution in [0.3, 0.4) is 0 Å². The molecule has 0 heterocycles. The lowest BCUT2D eigenvalue weighted by Crippen LogP contribution is -2.36. The highest BCUT2D eigenvalue weighted by Crippen LogP contribution is 2.11. The summed E-state index contributed by atoms with van der Waals surface area (Å²) in [5.41, 5.74) is 0.619. The van der Waals surface area contributed by atoms with Gasteiger partial charge in [-0.25, -0.2) is 0 Å². The van der Waals surface area contributed by atoms with Crippen molar-refractivity contribution in [2.45, 2.75) is 6.92 Å². The van der Waals surface area contributed by atoms with Gasteiger partial charge in [0.15, 0.2) is 0 Å². The van der Waals surface area contributed by atoms with Gasteiger partial charge in [-0.3, -0.25) is 4.79 Å². The molecular formula is C15H21N3O2. The van der Waals surface area contributed by atoms with E-state index in [4.69, 9.17) is 10.00 Å². The van der Waals surface area contributed by atoms with Gasteiger partial charge in [0.25, 0.3) is 0 Å². The van der Waals surface area contributed by atoms with Crippen LogP contribution in [0, 0.1) is 17.2 Å². The molecule has 0 aliphatic heterocycles. The van der Waals surface area contributed by atoms with Crippen molar-refractivity contribution < 1.29 is 9.53 Å². The van der Waals surface area contributed by atoms with Gasteiger partial charge in [-0.05, 0) is 31.3 Å². The second kappa shape index (κ2) is 8.18. The summed E-state index contributed by atoms with van der Waals surface area (Å²) in [6.45, 7) is 3.87. The number of carbonyl (C=O) groups is 1. The van der Waals surface area contributed by atoms with Gasteiger partial charge in [-0.1, -0.05) is 6.92 Å². The van der Waals surface area contributed by atoms with E-state index in [0.717, 1.165) is 12.3 Å². The summed E-state index contributed by atoms with van der Waals surface area (Å²) in [5, 5.41) is 11.3. The molecule has 0 saturated heterocycles. The standard InChI is InChI=1S/C15H21N3O2/c1-12(15(19)17-2)11-18(3)8-9-20-14-6-4-13(10-16)5-7-14/h4-7,12H,8-9,11H2,1-3H3,(H,17,19). The van der Waals surface area contributed by atoms with Gasteiger partial charge >= 0.3 is 0 Å². The topological polar surface area (TPSA) is 65.4 Å². The third kappa shape index (κ3) is 5.29. The third-order valence-electron chi connectivity index (χ3n) is 3.00. The Balaban J connectivity index is 2.29. The van der Waals surface area contributed by atoms with Crippen LogP contribution >= 0.6 is 0 Å². The molecule has 0 aliphatic carbocycles. The van der Waals surface area contributed by atoms with Gasteiger partial charge in [0.2, 0.25) is 5.91 Å². The molecule has 20 heavy (non-hydrogen) atoms. The van der Waals surface area contributed by atoms with Crippen LogP contribution in [-0.2, 0) is 4.79 Å². The zero-order valence-electron chi connectivity index (χ0n) is 12.2. The number of nitrogens with zero attached hydrogens (tertiary/aromatic N) is 2. The molecule has 0 bridgehead atoms. The van der Waals surface area contributed by atoms with Crippen molar-refractivity contribution in [3.05, 3.63) is 29.8 Å². The number of nitrogens with one attached hydrogen (secondary N) is 1. The SMILES string of the molecule is CNC(=O)C(C)CN(C)CCOc1ccc(C#N)cc1. The molecule has 5 heteroatoms. The van der Waals surface area contributed by atoms with Crippen LogP contribution < -0.4 is 10.1 Å². The van der Waals surface area contributed by atoms with Crippen LogP contribution in [0.4, 0.5) is 0 Å². The van der Waals surface area contributed by atoms with E-state index in [2.05, 4.69) is 16.3 Å². The smallest absolute Gasteiger partial charge is 0.223 e. The molecule has 1 aromatic rings. The van der Waals surface area contributed by atoms with Crippen LogP contribution in [0.2, 0.25) is 0 Å². The maximum Gasteiger partial charge on any atom is 0.223 e. The summed E-state index contributed by atoms with van der Waals surface area (Å²) in [6, 6.07) is 9.09. The van der Waals surface area contributed by atoms with Crippen molar-refractivity contribution in [1.82, 2.24) is 10.2 Å². The Kier molecular flexibility index (Phi) is 6.54. The molecule has 1 unspecified atom stereocenters. The van der Waals surface area contributed by atoms with Crippen molar-refractivity contribution >= 4 is 5.91 Å². The zero-order valence-corrected chi connectivity index (χ0v) is 12.2. The minimum atomic E-state index is -0.0417. The van der Waals surface area contributed by atoms with E-state index in [1.54, 1.807) is 31.3 Å². The number of rotatable bonds is 7. The van der Waals surface area contributed by atoms with Gasteiger partial charge in [0, 0.05) is 26.1 Å². The Morgan fingerprint density at radius 2 is 2.10 bits per heavy atom. The van der Waals surface area contributed by atoms with Gasteiger partial charge in [-0.15, -0.1) is 0 Å². The minimum Gasteiger partial charge on any atom is -0.492 e. The van der Waals surface area contributed by atoms with Gasteiger partial charge in [0.05, 0.1) is 11.6 Å². The fourth-order valence-corrected chi connectivity index (χ4v) is 1.83. The summed E-state index contributed by atoms with van der Waals surface area (Å²) in [5.74, 6) is 0.751. The molecule has 0 aliphatic rings. The summed E-state index contributed by atoms with van der Waals surface area (Å²) >= 11 is 0. The van der Waals surface area contributed by atoms with E-state index in [1.807, 2.05) is 14.0 Å². The Morgan fingerprint density at radius 1 is 1.45 bits per heavy atom. The van der Waals surface area contributed by atoms with Crippen LogP contribution in [0.15, 0.2) is 24.3 Å². The molecule has 0 saturated carbocycles. The number of nitriles is 1. The number of benzene rings is 1. The second-order valence-corrected chi connectivity index (χ2v) is 4.76. The quantitative estimate of drug-likeness (QED) is 0.813. The predicted octanol–water partition coefficient (Wildman–Crippen LogP) is 1.25. The number of hydrogen-bond acceptors (Lipinski definition) is 4. The molecule has 1 atom stereocenters. The lowest BCUT2D eigenvalue weighted by atomic mass is 10.1. The summed E-state index contributed by atoms with van der Waals surface area (Å²) < 4.78 is 5.59. The fraction of sp³-hybridized carbons (Fsp3) is 0.467. The van der Waals surface area contributed by atoms with Crippen LogP contribution in [0.5, 0.6) is 5.75 Å². The molecule has 108 valence electrons. The molecule has 0 fully saturated rings. The number of carbonyl (C=O) groups excluding carboxylic acids is 1. The Bertz CT molecular complexity index is 465. The number of ether oxygens (including phenoxy) is 1. The monoisotopic (exact) mass is 275 g/mol. The molecule has 1 aromatic carbocycles. The van der Waals surface area contributed by atoms with Crippen molar-refractivity contribution in [2.75, 3.05) is 33.8 Å². The van der Waals surface area contributed by atoms with Crippen molar-refractivity contribution in [3.8, 4) is 11.8 Å². The number of likely N-dealkylation sites (N-methyl/N-ethyl adjacent to an activating group) is 1. The minimum absolute atomic E-state index is 0.0417. The molecule has 1 rings (SSSR count). The van der Waals surface area contributed by atoms with Crippen molar-refractivity contribution in [1.29, 1.82) is 5.26 Å². The van der Waals surface area contributed by atoms with Gasteiger partial charge in [-0.2, -0.15) is 5.26 Å². The van der Waals surface area contributed by atoms with E-state index in [-0.39, 0.29) is 11.8 Å². The highest BCUT2D eigenvalue weighted by atomic mass is 16.5. The molecule has 1 amide bonds. The molecule has 0 aromatic heterocycles. The number of hydrogen-bond donors (Lipinski definition) is 1. The summed E-state index contributed by atoms with van der Waals surface area (Å²) in [6.07, 6.45) is 0.